The highest BCUT2D eigenvalue weighted by atomic mass is 35.5. The van der Waals surface area contributed by atoms with Crippen molar-refractivity contribution in [2.75, 3.05) is 18.4 Å². The number of anilines is 1. The summed E-state index contributed by atoms with van der Waals surface area (Å²) in [5, 5.41) is 3.52. The molecule has 0 saturated carbocycles. The minimum absolute atomic E-state index is 0.285. The lowest BCUT2D eigenvalue weighted by Crippen LogP contribution is -2.32. The zero-order valence-electron chi connectivity index (χ0n) is 12.5. The molecule has 1 heterocycles. The van der Waals surface area contributed by atoms with Crippen molar-refractivity contribution < 1.29 is 13.9 Å². The molecule has 2 aromatic rings. The predicted octanol–water partition coefficient (Wildman–Crippen LogP) is 3.00. The van der Waals surface area contributed by atoms with Crippen molar-refractivity contribution in [1.82, 2.24) is 5.43 Å². The van der Waals surface area contributed by atoms with Crippen molar-refractivity contribution >= 4 is 17.3 Å². The van der Waals surface area contributed by atoms with E-state index >= 15 is 0 Å². The van der Waals surface area contributed by atoms with E-state index < -0.39 is 11.6 Å². The number of benzene rings is 2. The lowest BCUT2D eigenvalue weighted by Gasteiger charge is -2.24. The molecule has 122 valence electrons. The molecule has 0 saturated heterocycles. The summed E-state index contributed by atoms with van der Waals surface area (Å²) in [5.74, 6) is 4.62. The number of nitrogens with two attached hydrogens (primary N) is 1. The Bertz CT molecular complexity index is 728. The number of fused-ring (bicyclic) bond motifs is 1. The molecule has 0 fully saturated rings. The Morgan fingerprint density at radius 1 is 1.22 bits per heavy atom. The van der Waals surface area contributed by atoms with Gasteiger partial charge in [0.1, 0.15) is 5.82 Å². The van der Waals surface area contributed by atoms with Gasteiger partial charge in [-0.15, -0.1) is 0 Å². The first-order valence-corrected chi connectivity index (χ1v) is 7.55. The van der Waals surface area contributed by atoms with Crippen LogP contribution in [0, 0.1) is 5.82 Å². The number of hydrazine groups is 1. The summed E-state index contributed by atoms with van der Waals surface area (Å²) >= 11 is 5.81. The van der Waals surface area contributed by atoms with Crippen molar-refractivity contribution in [2.24, 2.45) is 5.84 Å². The largest absolute Gasteiger partial charge is 0.444 e. The topological polar surface area (TPSA) is 68.5 Å². The zero-order valence-corrected chi connectivity index (χ0v) is 13.3. The van der Waals surface area contributed by atoms with Crippen LogP contribution in [0.4, 0.5) is 10.1 Å². The van der Waals surface area contributed by atoms with E-state index in [0.717, 1.165) is 5.69 Å². The monoisotopic (exact) mass is 337 g/mol. The maximum Gasteiger partial charge on any atom is 0.278 e. The highest BCUT2D eigenvalue weighted by Crippen LogP contribution is 2.48. The van der Waals surface area contributed by atoms with E-state index in [1.807, 2.05) is 12.1 Å². The van der Waals surface area contributed by atoms with Gasteiger partial charge in [0.2, 0.25) is 0 Å². The second-order valence-corrected chi connectivity index (χ2v) is 5.72. The first-order valence-electron chi connectivity index (χ1n) is 7.17. The molecule has 23 heavy (non-hydrogen) atoms. The van der Waals surface area contributed by atoms with E-state index in [1.165, 1.54) is 6.07 Å². The van der Waals surface area contributed by atoms with Gasteiger partial charge >= 0.3 is 0 Å². The average Bonchev–Trinajstić information content (AvgIpc) is 2.85. The standard InChI is InChI=1S/C16H17ClFN3O2/c1-16(11-6-5-10(17)9-12(11)18)22-14-4-2-3-13(15(14)23-16)20-7-8-21-19/h2-6,9,20-21H,7-8,19H2,1H3. The van der Waals surface area contributed by atoms with Crippen LogP contribution in [0.1, 0.15) is 12.5 Å². The van der Waals surface area contributed by atoms with E-state index in [9.17, 15) is 4.39 Å². The molecule has 1 aliphatic rings. The fourth-order valence-electron chi connectivity index (χ4n) is 2.50. The number of halogens is 2. The third-order valence-corrected chi connectivity index (χ3v) is 3.82. The minimum Gasteiger partial charge on any atom is -0.444 e. The van der Waals surface area contributed by atoms with Crippen molar-refractivity contribution in [3.8, 4) is 11.5 Å². The molecule has 1 aliphatic heterocycles. The Kier molecular flexibility index (Phi) is 4.30. The summed E-state index contributed by atoms with van der Waals surface area (Å²) in [4.78, 5) is 0. The quantitative estimate of drug-likeness (QED) is 0.444. The van der Waals surface area contributed by atoms with Gasteiger partial charge in [-0.2, -0.15) is 0 Å². The first-order chi connectivity index (χ1) is 11.0. The normalized spacial score (nSPS) is 19.0. The van der Waals surface area contributed by atoms with Crippen LogP contribution in [-0.2, 0) is 5.79 Å². The maximum atomic E-state index is 14.2. The molecule has 7 heteroatoms. The summed E-state index contributed by atoms with van der Waals surface area (Å²) in [7, 11) is 0. The summed E-state index contributed by atoms with van der Waals surface area (Å²) in [6, 6.07) is 9.89. The molecule has 1 atom stereocenters. The zero-order chi connectivity index (χ0) is 16.4. The molecule has 0 aromatic heterocycles. The van der Waals surface area contributed by atoms with Gasteiger partial charge < -0.3 is 14.8 Å². The van der Waals surface area contributed by atoms with E-state index in [4.69, 9.17) is 26.9 Å². The lowest BCUT2D eigenvalue weighted by molar-refractivity contribution is -0.0704. The van der Waals surface area contributed by atoms with Crippen molar-refractivity contribution in [2.45, 2.75) is 12.7 Å². The van der Waals surface area contributed by atoms with Crippen molar-refractivity contribution in [3.05, 3.63) is 52.8 Å². The Morgan fingerprint density at radius 2 is 2.04 bits per heavy atom. The molecular formula is C16H17ClFN3O2. The van der Waals surface area contributed by atoms with Crippen molar-refractivity contribution in [3.63, 3.8) is 0 Å². The fourth-order valence-corrected chi connectivity index (χ4v) is 2.66. The SMILES string of the molecule is CC1(c2ccc(Cl)cc2F)Oc2cccc(NCCNN)c2O1. The first kappa shape index (κ1) is 15.9. The summed E-state index contributed by atoms with van der Waals surface area (Å²) in [6.07, 6.45) is 0. The molecule has 0 aliphatic carbocycles. The van der Waals surface area contributed by atoms with Crippen molar-refractivity contribution in [1.29, 1.82) is 0 Å². The Hall–Kier alpha value is -2.02. The molecule has 4 N–H and O–H groups in total. The summed E-state index contributed by atoms with van der Waals surface area (Å²) in [5.41, 5.74) is 3.61. The molecule has 3 rings (SSSR count). The maximum absolute atomic E-state index is 14.2. The highest BCUT2D eigenvalue weighted by Gasteiger charge is 2.42. The average molecular weight is 338 g/mol. The van der Waals surface area contributed by atoms with Crippen LogP contribution < -0.4 is 26.1 Å². The Labute approximate surface area is 138 Å². The van der Waals surface area contributed by atoms with Crippen LogP contribution in [0.5, 0.6) is 11.5 Å². The van der Waals surface area contributed by atoms with Gasteiger partial charge in [0.25, 0.3) is 5.79 Å². The molecule has 1 unspecified atom stereocenters. The molecule has 5 nitrogen and oxygen atoms in total. The van der Waals surface area contributed by atoms with E-state index in [0.29, 0.717) is 29.6 Å². The van der Waals surface area contributed by atoms with Crippen LogP contribution in [0.15, 0.2) is 36.4 Å². The third-order valence-electron chi connectivity index (χ3n) is 3.59. The molecule has 0 amide bonds. The van der Waals surface area contributed by atoms with Gasteiger partial charge in [0, 0.05) is 25.0 Å². The van der Waals surface area contributed by atoms with Crippen LogP contribution in [0.2, 0.25) is 5.02 Å². The van der Waals surface area contributed by atoms with Gasteiger partial charge in [-0.25, -0.2) is 4.39 Å². The number of para-hydroxylation sites is 1. The van der Waals surface area contributed by atoms with Gasteiger partial charge in [-0.1, -0.05) is 17.7 Å². The Morgan fingerprint density at radius 3 is 2.78 bits per heavy atom. The second-order valence-electron chi connectivity index (χ2n) is 5.29. The second kappa shape index (κ2) is 6.23. The molecule has 0 radical (unpaired) electrons. The van der Waals surface area contributed by atoms with Gasteiger partial charge in [-0.3, -0.25) is 11.3 Å². The van der Waals surface area contributed by atoms with Crippen LogP contribution in [0.3, 0.4) is 0 Å². The van der Waals surface area contributed by atoms with Crippen LogP contribution >= 0.6 is 11.6 Å². The molecule has 0 bridgehead atoms. The predicted molar refractivity (Wildman–Crippen MR) is 87.1 cm³/mol. The Balaban J connectivity index is 1.89. The van der Waals surface area contributed by atoms with E-state index in [2.05, 4.69) is 10.7 Å². The number of hydrogen-bond donors (Lipinski definition) is 3. The van der Waals surface area contributed by atoms with E-state index in [-0.39, 0.29) is 5.56 Å². The minimum atomic E-state index is -1.25. The molecule has 0 spiro atoms. The van der Waals surface area contributed by atoms with Gasteiger partial charge in [-0.05, 0) is 30.3 Å². The molecule has 2 aromatic carbocycles. The summed E-state index contributed by atoms with van der Waals surface area (Å²) < 4.78 is 26.0. The van der Waals surface area contributed by atoms with Gasteiger partial charge in [0.15, 0.2) is 11.5 Å². The fraction of sp³-hybridized carbons (Fsp3) is 0.250. The van der Waals surface area contributed by atoms with E-state index in [1.54, 1.807) is 25.1 Å². The lowest BCUT2D eigenvalue weighted by atomic mass is 10.1. The summed E-state index contributed by atoms with van der Waals surface area (Å²) in [6.45, 7) is 2.88. The number of ether oxygens (including phenoxy) is 2. The third kappa shape index (κ3) is 3.06. The van der Waals surface area contributed by atoms with Crippen LogP contribution in [-0.4, -0.2) is 13.1 Å². The molecular weight excluding hydrogens is 321 g/mol. The number of hydrogen-bond acceptors (Lipinski definition) is 5. The van der Waals surface area contributed by atoms with Gasteiger partial charge in [0.05, 0.1) is 11.3 Å². The number of rotatable bonds is 5. The highest BCUT2D eigenvalue weighted by molar-refractivity contribution is 6.30. The van der Waals surface area contributed by atoms with Crippen LogP contribution in [0.25, 0.3) is 0 Å². The smallest absolute Gasteiger partial charge is 0.278 e. The number of nitrogens with one attached hydrogen (secondary N) is 2.